The molecule has 0 saturated carbocycles. The van der Waals surface area contributed by atoms with Gasteiger partial charge in [0.25, 0.3) is 0 Å². The third-order valence-corrected chi connectivity index (χ3v) is 8.17. The van der Waals surface area contributed by atoms with E-state index in [1.54, 1.807) is 0 Å². The fraction of sp³-hybridized carbons (Fsp3) is 0.0968. The molecule has 0 fully saturated rings. The topological polar surface area (TPSA) is 30.2 Å². The molecule has 3 heterocycles. The molecule has 7 aromatic rings. The lowest BCUT2D eigenvalue weighted by Crippen LogP contribution is -1.90. The molecule has 0 aliphatic rings. The lowest BCUT2D eigenvalue weighted by atomic mass is 9.97. The average molecular weight is 470 g/mol. The number of hydrogen-bond acceptors (Lipinski definition) is 3. The van der Waals surface area contributed by atoms with Crippen LogP contribution in [-0.2, 0) is 6.42 Å². The highest BCUT2D eigenvalue weighted by molar-refractivity contribution is 7.26. The molecule has 0 amide bonds. The summed E-state index contributed by atoms with van der Waals surface area (Å²) in [6.07, 6.45) is 3.08. The number of hydrogen-bond donors (Lipinski definition) is 0. The Bertz CT molecular complexity index is 1890. The molecule has 3 nitrogen and oxygen atoms in total. The second-order valence-electron chi connectivity index (χ2n) is 9.17. The molecule has 0 radical (unpaired) electrons. The van der Waals surface area contributed by atoms with Crippen LogP contribution in [0.25, 0.3) is 59.1 Å². The van der Waals surface area contributed by atoms with Crippen LogP contribution in [0.2, 0.25) is 0 Å². The van der Waals surface area contributed by atoms with Crippen LogP contribution in [0, 0.1) is 6.92 Å². The van der Waals surface area contributed by atoms with Crippen LogP contribution in [0.4, 0.5) is 0 Å². The van der Waals surface area contributed by atoms with Gasteiger partial charge >= 0.3 is 0 Å². The quantitative estimate of drug-likeness (QED) is 0.260. The van der Waals surface area contributed by atoms with E-state index in [1.165, 1.54) is 47.8 Å². The van der Waals surface area contributed by atoms with E-state index in [2.05, 4.69) is 114 Å². The first kappa shape index (κ1) is 20.4. The van der Waals surface area contributed by atoms with Crippen molar-refractivity contribution < 1.29 is 0 Å². The van der Waals surface area contributed by atoms with Crippen LogP contribution < -0.4 is 0 Å². The summed E-state index contributed by atoms with van der Waals surface area (Å²) < 4.78 is 4.79. The molecule has 0 aliphatic carbocycles. The van der Waals surface area contributed by atoms with Crippen molar-refractivity contribution in [2.24, 2.45) is 0 Å². The first-order chi connectivity index (χ1) is 17.2. The summed E-state index contributed by atoms with van der Waals surface area (Å²) in [5.74, 6) is 0.863. The Kier molecular flexibility index (Phi) is 4.51. The molecule has 0 atom stereocenters. The van der Waals surface area contributed by atoms with E-state index in [9.17, 15) is 0 Å². The highest BCUT2D eigenvalue weighted by atomic mass is 32.1. The fourth-order valence-corrected chi connectivity index (χ4v) is 6.28. The van der Waals surface area contributed by atoms with Crippen molar-refractivity contribution >= 4 is 47.9 Å². The molecule has 0 bridgehead atoms. The van der Waals surface area contributed by atoms with E-state index in [-0.39, 0.29) is 0 Å². The predicted octanol–water partition coefficient (Wildman–Crippen LogP) is 8.46. The van der Waals surface area contributed by atoms with Gasteiger partial charge in [-0.15, -0.1) is 21.5 Å². The molecule has 3 aromatic heterocycles. The highest BCUT2D eigenvalue weighted by Crippen LogP contribution is 2.41. The number of pyridine rings is 1. The molecule has 0 saturated heterocycles. The Morgan fingerprint density at radius 3 is 2.46 bits per heavy atom. The van der Waals surface area contributed by atoms with Crippen molar-refractivity contribution in [3.63, 3.8) is 0 Å². The van der Waals surface area contributed by atoms with Crippen LogP contribution in [0.15, 0.2) is 91.1 Å². The maximum atomic E-state index is 4.55. The number of thiophene rings is 1. The van der Waals surface area contributed by atoms with Crippen LogP contribution in [0.5, 0.6) is 0 Å². The van der Waals surface area contributed by atoms with Gasteiger partial charge in [-0.1, -0.05) is 67.1 Å². The van der Waals surface area contributed by atoms with Gasteiger partial charge in [0.05, 0.1) is 0 Å². The maximum Gasteiger partial charge on any atom is 0.168 e. The number of aromatic nitrogens is 3. The second-order valence-corrected chi connectivity index (χ2v) is 10.2. The average Bonchev–Trinajstić information content (AvgIpc) is 3.50. The molecule has 0 N–H and O–H groups in total. The third-order valence-electron chi connectivity index (χ3n) is 6.95. The Morgan fingerprint density at radius 2 is 1.60 bits per heavy atom. The van der Waals surface area contributed by atoms with Gasteiger partial charge in [0.2, 0.25) is 0 Å². The Labute approximate surface area is 207 Å². The van der Waals surface area contributed by atoms with Gasteiger partial charge < -0.3 is 0 Å². The van der Waals surface area contributed by atoms with E-state index < -0.39 is 0 Å². The van der Waals surface area contributed by atoms with E-state index in [4.69, 9.17) is 0 Å². The summed E-state index contributed by atoms with van der Waals surface area (Å²) in [6.45, 7) is 4.40. The SMILES string of the molecule is CCc1cc(-c2ccc(-c3nnc4c5ccccc5ccn34)cc2)c2sc3ccc(C)cc3c2c1. The predicted molar refractivity (Wildman–Crippen MR) is 148 cm³/mol. The molecule has 0 unspecified atom stereocenters. The molecule has 168 valence electrons. The van der Waals surface area contributed by atoms with Crippen molar-refractivity contribution in [2.75, 3.05) is 0 Å². The van der Waals surface area contributed by atoms with Gasteiger partial charge in [-0.3, -0.25) is 4.40 Å². The number of benzene rings is 4. The lowest BCUT2D eigenvalue weighted by molar-refractivity contribution is 1.11. The largest absolute Gasteiger partial charge is 0.282 e. The summed E-state index contributed by atoms with van der Waals surface area (Å²) in [4.78, 5) is 0. The third kappa shape index (κ3) is 3.17. The fourth-order valence-electron chi connectivity index (χ4n) is 5.08. The van der Waals surface area contributed by atoms with Gasteiger partial charge in [-0.25, -0.2) is 0 Å². The monoisotopic (exact) mass is 469 g/mol. The summed E-state index contributed by atoms with van der Waals surface area (Å²) in [5, 5.41) is 14.1. The van der Waals surface area contributed by atoms with E-state index in [0.29, 0.717) is 0 Å². The zero-order valence-corrected chi connectivity index (χ0v) is 20.4. The van der Waals surface area contributed by atoms with E-state index >= 15 is 0 Å². The normalized spacial score (nSPS) is 11.8. The minimum absolute atomic E-state index is 0.863. The van der Waals surface area contributed by atoms with Gasteiger partial charge in [-0.05, 0) is 65.8 Å². The summed E-state index contributed by atoms with van der Waals surface area (Å²) in [5.41, 5.74) is 7.16. The van der Waals surface area contributed by atoms with Crippen molar-refractivity contribution in [1.29, 1.82) is 0 Å². The molecule has 4 aromatic carbocycles. The number of aryl methyl sites for hydroxylation is 2. The van der Waals surface area contributed by atoms with Crippen LogP contribution in [0.3, 0.4) is 0 Å². The minimum atomic E-state index is 0.863. The maximum absolute atomic E-state index is 4.55. The van der Waals surface area contributed by atoms with Crippen molar-refractivity contribution in [1.82, 2.24) is 14.6 Å². The van der Waals surface area contributed by atoms with Crippen LogP contribution in [-0.4, -0.2) is 14.6 Å². The highest BCUT2D eigenvalue weighted by Gasteiger charge is 2.14. The smallest absolute Gasteiger partial charge is 0.168 e. The van der Waals surface area contributed by atoms with Crippen molar-refractivity contribution in [3.8, 4) is 22.5 Å². The molecular weight excluding hydrogens is 446 g/mol. The number of fused-ring (bicyclic) bond motifs is 6. The van der Waals surface area contributed by atoms with E-state index in [0.717, 1.165) is 28.8 Å². The van der Waals surface area contributed by atoms with E-state index in [1.807, 2.05) is 17.4 Å². The standard InChI is InChI=1S/C31H23N3S/c1-3-20-17-25(29-27(18-20)26-16-19(2)8-13-28(26)35-29)22-9-11-23(12-10-22)30-32-33-31-24-7-5-4-6-21(24)14-15-34(30)31/h4-18H,3H2,1-2H3. The molecule has 0 spiro atoms. The van der Waals surface area contributed by atoms with Gasteiger partial charge in [-0.2, -0.15) is 0 Å². The Balaban J connectivity index is 1.37. The molecule has 4 heteroatoms. The van der Waals surface area contributed by atoms with Crippen LogP contribution in [0.1, 0.15) is 18.1 Å². The van der Waals surface area contributed by atoms with Crippen molar-refractivity contribution in [3.05, 3.63) is 102 Å². The molecule has 0 aliphatic heterocycles. The zero-order chi connectivity index (χ0) is 23.5. The lowest BCUT2D eigenvalue weighted by Gasteiger charge is -2.08. The van der Waals surface area contributed by atoms with Gasteiger partial charge in [0.15, 0.2) is 11.5 Å². The van der Waals surface area contributed by atoms with Gasteiger partial charge in [0, 0.05) is 37.3 Å². The van der Waals surface area contributed by atoms with Crippen molar-refractivity contribution in [2.45, 2.75) is 20.3 Å². The summed E-state index contributed by atoms with van der Waals surface area (Å²) in [7, 11) is 0. The zero-order valence-electron chi connectivity index (χ0n) is 19.6. The summed E-state index contributed by atoms with van der Waals surface area (Å²) >= 11 is 1.89. The second kappa shape index (κ2) is 7.76. The Morgan fingerprint density at radius 1 is 0.771 bits per heavy atom. The van der Waals surface area contributed by atoms with Crippen LogP contribution >= 0.6 is 11.3 Å². The molecule has 7 rings (SSSR count). The first-order valence-corrected chi connectivity index (χ1v) is 12.8. The number of nitrogens with zero attached hydrogens (tertiary/aromatic N) is 3. The minimum Gasteiger partial charge on any atom is -0.282 e. The molecular formula is C31H23N3S. The first-order valence-electron chi connectivity index (χ1n) is 12.0. The number of rotatable bonds is 3. The summed E-state index contributed by atoms with van der Waals surface area (Å²) in [6, 6.07) is 30.7. The van der Waals surface area contributed by atoms with Gasteiger partial charge in [0.1, 0.15) is 0 Å². The Hall–Kier alpha value is -4.02. The molecule has 35 heavy (non-hydrogen) atoms.